The van der Waals surface area contributed by atoms with Gasteiger partial charge in [0.2, 0.25) is 0 Å². The molecular weight excluding hydrogens is 242 g/mol. The van der Waals surface area contributed by atoms with Gasteiger partial charge in [-0.15, -0.1) is 0 Å². The van der Waals surface area contributed by atoms with E-state index in [1.807, 2.05) is 0 Å². The van der Waals surface area contributed by atoms with Crippen molar-refractivity contribution in [3.05, 3.63) is 23.8 Å². The number of hydrogen-bond acceptors (Lipinski definition) is 1. The van der Waals surface area contributed by atoms with Gasteiger partial charge < -0.3 is 37.2 Å². The summed E-state index contributed by atoms with van der Waals surface area (Å²) in [5.41, 5.74) is 1.37. The molecule has 0 aromatic rings. The minimum atomic E-state index is 0. The molecule has 0 radical (unpaired) electrons. The van der Waals surface area contributed by atoms with E-state index in [1.54, 1.807) is 20.8 Å². The molecule has 0 aromatic heterocycles. The van der Waals surface area contributed by atoms with Gasteiger partial charge in [-0.2, -0.15) is 0 Å². The van der Waals surface area contributed by atoms with Crippen LogP contribution in [0.5, 0.6) is 0 Å². The average molecular weight is 249 g/mol. The van der Waals surface area contributed by atoms with Crippen molar-refractivity contribution < 1.29 is 61.4 Å². The summed E-state index contributed by atoms with van der Waals surface area (Å²) in [4.78, 5) is 0. The summed E-state index contributed by atoms with van der Waals surface area (Å²) < 4.78 is 4.92. The predicted molar refractivity (Wildman–Crippen MR) is 27.8 cm³/mol. The van der Waals surface area contributed by atoms with Gasteiger partial charge in [0.25, 0.3) is 0 Å². The first kappa shape index (κ1) is 17.9. The summed E-state index contributed by atoms with van der Waals surface area (Å²) in [6.45, 7) is 0.785. The van der Waals surface area contributed by atoms with Gasteiger partial charge in [0.1, 0.15) is 0 Å². The van der Waals surface area contributed by atoms with E-state index >= 15 is 0 Å². The Kier molecular flexibility index (Phi) is 18.0. The second-order valence-electron chi connectivity index (χ2n) is 1.75. The maximum absolute atomic E-state index is 4.92. The van der Waals surface area contributed by atoms with Crippen molar-refractivity contribution >= 4 is 0 Å². The Morgan fingerprint density at radius 2 is 2.00 bits per heavy atom. The van der Waals surface area contributed by atoms with Crippen LogP contribution in [0.2, 0.25) is 0 Å². The second kappa shape index (κ2) is 11.0. The Hall–Kier alpha value is 1.02. The van der Waals surface area contributed by atoms with Crippen LogP contribution >= 0.6 is 0 Å². The first-order valence-corrected chi connectivity index (χ1v) is 3.20. The minimum absolute atomic E-state index is 0. The second-order valence-corrected chi connectivity index (χ2v) is 2.20. The molecule has 0 aliphatic heterocycles. The molecule has 0 saturated carbocycles. The monoisotopic (exact) mass is 248 g/mol. The fourth-order valence-electron chi connectivity index (χ4n) is 0.691. The Labute approximate surface area is 97.8 Å². The molecule has 0 fully saturated rings. The van der Waals surface area contributed by atoms with Crippen LogP contribution in [0, 0.1) is 0 Å². The van der Waals surface area contributed by atoms with Crippen molar-refractivity contribution in [2.45, 2.75) is 6.42 Å². The van der Waals surface area contributed by atoms with Crippen LogP contribution in [0.25, 0.3) is 0 Å². The van der Waals surface area contributed by atoms with Crippen LogP contribution in [0.15, 0.2) is 23.8 Å². The molecule has 0 atom stereocenters. The van der Waals surface area contributed by atoms with Gasteiger partial charge >= 0.3 is 61.0 Å². The van der Waals surface area contributed by atoms with Crippen LogP contribution in [0.3, 0.4) is 0 Å². The van der Waals surface area contributed by atoms with Gasteiger partial charge in [0.05, 0.1) is 0 Å². The SMILES string of the molecule is [Cl-].[Cl-].[Cl-].[Ti+3][O]CC1=CC=CC1. The molecule has 1 aliphatic rings. The Morgan fingerprint density at radius 1 is 1.36 bits per heavy atom. The van der Waals surface area contributed by atoms with Crippen molar-refractivity contribution in [3.63, 3.8) is 0 Å². The number of halogens is 3. The van der Waals surface area contributed by atoms with Crippen molar-refractivity contribution in [1.82, 2.24) is 0 Å². The molecule has 5 heteroatoms. The zero-order valence-electron chi connectivity index (χ0n) is 5.69. The summed E-state index contributed by atoms with van der Waals surface area (Å²) in [6, 6.07) is 0. The molecule has 0 amide bonds. The molecule has 0 saturated heterocycles. The van der Waals surface area contributed by atoms with Gasteiger partial charge in [-0.3, -0.25) is 0 Å². The molecular formula is C6H7Cl3OTi. The van der Waals surface area contributed by atoms with Crippen LogP contribution < -0.4 is 37.2 Å². The first-order valence-electron chi connectivity index (χ1n) is 2.56. The summed E-state index contributed by atoms with van der Waals surface area (Å²) in [5, 5.41) is 0. The van der Waals surface area contributed by atoms with Gasteiger partial charge in [-0.25, -0.2) is 0 Å². The van der Waals surface area contributed by atoms with Gasteiger partial charge in [-0.05, 0) is 0 Å². The normalized spacial score (nSPS) is 12.4. The third kappa shape index (κ3) is 7.39. The summed E-state index contributed by atoms with van der Waals surface area (Å²) in [5.74, 6) is 0. The van der Waals surface area contributed by atoms with Crippen LogP contribution in [0.4, 0.5) is 0 Å². The zero-order valence-corrected chi connectivity index (χ0v) is 9.52. The van der Waals surface area contributed by atoms with Gasteiger partial charge in [0, 0.05) is 0 Å². The molecule has 1 nitrogen and oxygen atoms in total. The zero-order chi connectivity index (χ0) is 5.82. The summed E-state index contributed by atoms with van der Waals surface area (Å²) in [6.07, 6.45) is 7.38. The Bertz CT molecular complexity index is 136. The summed E-state index contributed by atoms with van der Waals surface area (Å²) >= 11 is 1.72. The third-order valence-corrected chi connectivity index (χ3v) is 1.33. The third-order valence-electron chi connectivity index (χ3n) is 1.11. The van der Waals surface area contributed by atoms with E-state index in [4.69, 9.17) is 3.32 Å². The van der Waals surface area contributed by atoms with Crippen molar-refractivity contribution in [2.24, 2.45) is 0 Å². The van der Waals surface area contributed by atoms with E-state index in [0.29, 0.717) is 0 Å². The van der Waals surface area contributed by atoms with Crippen molar-refractivity contribution in [1.29, 1.82) is 0 Å². The fraction of sp³-hybridized carbons (Fsp3) is 0.333. The molecule has 1 rings (SSSR count). The maximum atomic E-state index is 4.92. The van der Waals surface area contributed by atoms with E-state index < -0.39 is 0 Å². The molecule has 0 heterocycles. The standard InChI is InChI=1S/C6H7O.3ClH.Ti/c7-5-6-3-1-2-4-6;;;;/h1-3H,4-5H2;3*1H;/q-1;;;;+4/p-3. The molecule has 0 aromatic carbocycles. The molecule has 1 aliphatic carbocycles. The van der Waals surface area contributed by atoms with E-state index in [-0.39, 0.29) is 37.2 Å². The molecule has 0 unspecified atom stereocenters. The summed E-state index contributed by atoms with van der Waals surface area (Å²) in [7, 11) is 0. The van der Waals surface area contributed by atoms with Crippen molar-refractivity contribution in [2.75, 3.05) is 6.61 Å². The Balaban J connectivity index is -0.000000213. The van der Waals surface area contributed by atoms with Gasteiger partial charge in [-0.1, -0.05) is 0 Å². The van der Waals surface area contributed by atoms with E-state index in [1.165, 1.54) is 5.57 Å². The first-order chi connectivity index (χ1) is 3.93. The van der Waals surface area contributed by atoms with Crippen molar-refractivity contribution in [3.8, 4) is 0 Å². The van der Waals surface area contributed by atoms with E-state index in [0.717, 1.165) is 13.0 Å². The van der Waals surface area contributed by atoms with E-state index in [2.05, 4.69) is 18.2 Å². The van der Waals surface area contributed by atoms with Crippen LogP contribution in [0.1, 0.15) is 6.42 Å². The molecule has 11 heavy (non-hydrogen) atoms. The molecule has 0 bridgehead atoms. The average Bonchev–Trinajstić information content (AvgIpc) is 2.19. The quantitative estimate of drug-likeness (QED) is 0.442. The van der Waals surface area contributed by atoms with Gasteiger partial charge in [0.15, 0.2) is 0 Å². The topological polar surface area (TPSA) is 9.23 Å². The number of allylic oxidation sites excluding steroid dienone is 3. The predicted octanol–water partition coefficient (Wildman–Crippen LogP) is -7.64. The number of rotatable bonds is 2. The van der Waals surface area contributed by atoms with Crippen LogP contribution in [-0.4, -0.2) is 6.61 Å². The number of hydrogen-bond donors (Lipinski definition) is 0. The van der Waals surface area contributed by atoms with E-state index in [9.17, 15) is 0 Å². The Morgan fingerprint density at radius 3 is 2.36 bits per heavy atom. The fourth-order valence-corrected chi connectivity index (χ4v) is 0.981. The molecule has 0 N–H and O–H groups in total. The van der Waals surface area contributed by atoms with Crippen LogP contribution in [-0.2, 0) is 24.1 Å². The molecule has 0 spiro atoms. The molecule has 62 valence electrons.